The summed E-state index contributed by atoms with van der Waals surface area (Å²) in [5.41, 5.74) is 7.74. The number of carbonyl (C=O) groups is 1. The van der Waals surface area contributed by atoms with Crippen molar-refractivity contribution in [3.8, 4) is 10.7 Å². The van der Waals surface area contributed by atoms with E-state index in [0.717, 1.165) is 36.4 Å². The minimum Gasteiger partial charge on any atom is -0.349 e. The van der Waals surface area contributed by atoms with E-state index < -0.39 is 0 Å². The Hall–Kier alpha value is -2.25. The fourth-order valence-corrected chi connectivity index (χ4v) is 3.82. The summed E-state index contributed by atoms with van der Waals surface area (Å²) in [5, 5.41) is 5.12. The molecule has 1 aliphatic carbocycles. The van der Waals surface area contributed by atoms with Crippen LogP contribution in [0.25, 0.3) is 21.9 Å². The van der Waals surface area contributed by atoms with Gasteiger partial charge >= 0.3 is 0 Å². The van der Waals surface area contributed by atoms with Crippen LogP contribution in [0.4, 0.5) is 0 Å². The smallest absolute Gasteiger partial charge is 0.253 e. The molecule has 124 valence electrons. The number of carbonyl (C=O) groups excluding carboxylic acids is 1. The van der Waals surface area contributed by atoms with Crippen molar-refractivity contribution in [3.63, 3.8) is 0 Å². The molecule has 6 nitrogen and oxygen atoms in total. The third kappa shape index (κ3) is 2.92. The highest BCUT2D eigenvalue weighted by Gasteiger charge is 2.22. The van der Waals surface area contributed by atoms with Gasteiger partial charge in [0.25, 0.3) is 5.91 Å². The molecule has 24 heavy (non-hydrogen) atoms. The van der Waals surface area contributed by atoms with E-state index in [1.165, 1.54) is 0 Å². The summed E-state index contributed by atoms with van der Waals surface area (Å²) < 4.78 is 0. The fraction of sp³-hybridized carbons (Fsp3) is 0.353. The first kappa shape index (κ1) is 15.3. The Morgan fingerprint density at radius 3 is 2.88 bits per heavy atom. The van der Waals surface area contributed by atoms with E-state index in [9.17, 15) is 4.79 Å². The summed E-state index contributed by atoms with van der Waals surface area (Å²) in [6, 6.07) is 6.16. The van der Waals surface area contributed by atoms with E-state index in [2.05, 4.69) is 20.3 Å². The molecule has 0 bridgehead atoms. The zero-order chi connectivity index (χ0) is 16.5. The zero-order valence-corrected chi connectivity index (χ0v) is 14.0. The van der Waals surface area contributed by atoms with Crippen molar-refractivity contribution in [2.45, 2.75) is 37.8 Å². The lowest BCUT2D eigenvalue weighted by Gasteiger charge is -2.26. The van der Waals surface area contributed by atoms with Crippen LogP contribution in [0.1, 0.15) is 36.0 Å². The van der Waals surface area contributed by atoms with Crippen LogP contribution in [-0.2, 0) is 0 Å². The average molecular weight is 341 g/mol. The molecule has 1 fully saturated rings. The van der Waals surface area contributed by atoms with Crippen molar-refractivity contribution >= 4 is 28.4 Å². The van der Waals surface area contributed by atoms with Crippen LogP contribution in [0.5, 0.6) is 0 Å². The molecule has 0 aromatic carbocycles. The van der Waals surface area contributed by atoms with Crippen molar-refractivity contribution < 1.29 is 4.79 Å². The molecule has 0 spiro atoms. The van der Waals surface area contributed by atoms with Gasteiger partial charge in [0, 0.05) is 18.3 Å². The highest BCUT2D eigenvalue weighted by atomic mass is 32.1. The first-order valence-corrected chi connectivity index (χ1v) is 9.03. The van der Waals surface area contributed by atoms with Crippen LogP contribution in [0.2, 0.25) is 0 Å². The largest absolute Gasteiger partial charge is 0.349 e. The summed E-state index contributed by atoms with van der Waals surface area (Å²) in [6.07, 6.45) is 5.43. The van der Waals surface area contributed by atoms with E-state index in [0.29, 0.717) is 16.7 Å². The van der Waals surface area contributed by atoms with Crippen LogP contribution in [0.15, 0.2) is 29.8 Å². The second kappa shape index (κ2) is 6.33. The molecule has 0 aliphatic heterocycles. The third-order valence-electron chi connectivity index (χ3n) is 4.49. The molecule has 1 aliphatic rings. The number of fused-ring (bicyclic) bond motifs is 1. The average Bonchev–Trinajstić information content (AvgIpc) is 3.25. The molecule has 7 heteroatoms. The predicted octanol–water partition coefficient (Wildman–Crippen LogP) is 2.69. The second-order valence-electron chi connectivity index (χ2n) is 6.20. The number of pyridine rings is 1. The molecule has 4 rings (SSSR count). The van der Waals surface area contributed by atoms with Gasteiger partial charge in [-0.25, -0.2) is 9.97 Å². The SMILES string of the molecule is N[C@H]1CC[C@H](NC(=O)c2ccnc3[nH]c(-c4cccs4)nc23)CC1. The van der Waals surface area contributed by atoms with Crippen LogP contribution in [0.3, 0.4) is 0 Å². The van der Waals surface area contributed by atoms with Gasteiger partial charge in [0.15, 0.2) is 5.65 Å². The molecule has 0 atom stereocenters. The maximum atomic E-state index is 12.7. The van der Waals surface area contributed by atoms with Gasteiger partial charge in [-0.1, -0.05) is 6.07 Å². The Bertz CT molecular complexity index is 849. The van der Waals surface area contributed by atoms with Crippen LogP contribution in [0, 0.1) is 0 Å². The van der Waals surface area contributed by atoms with E-state index in [4.69, 9.17) is 5.73 Å². The number of nitrogens with one attached hydrogen (secondary N) is 2. The Labute approximate surface area is 143 Å². The minimum atomic E-state index is -0.0906. The number of imidazole rings is 1. The van der Waals surface area contributed by atoms with Gasteiger partial charge < -0.3 is 16.0 Å². The van der Waals surface area contributed by atoms with Gasteiger partial charge in [0.05, 0.1) is 10.4 Å². The second-order valence-corrected chi connectivity index (χ2v) is 7.15. The van der Waals surface area contributed by atoms with Gasteiger partial charge in [-0.3, -0.25) is 4.79 Å². The minimum absolute atomic E-state index is 0.0906. The third-order valence-corrected chi connectivity index (χ3v) is 5.37. The fourth-order valence-electron chi connectivity index (χ4n) is 3.15. The van der Waals surface area contributed by atoms with Gasteiger partial charge in [-0.15, -0.1) is 11.3 Å². The highest BCUT2D eigenvalue weighted by molar-refractivity contribution is 7.13. The molecule has 4 N–H and O–H groups in total. The zero-order valence-electron chi connectivity index (χ0n) is 13.2. The first-order chi connectivity index (χ1) is 11.7. The maximum absolute atomic E-state index is 12.7. The lowest BCUT2D eigenvalue weighted by Crippen LogP contribution is -2.40. The van der Waals surface area contributed by atoms with E-state index >= 15 is 0 Å². The van der Waals surface area contributed by atoms with Crippen molar-refractivity contribution in [3.05, 3.63) is 35.3 Å². The predicted molar refractivity (Wildman–Crippen MR) is 94.9 cm³/mol. The van der Waals surface area contributed by atoms with E-state index in [1.807, 2.05) is 17.5 Å². The standard InChI is InChI=1S/C17H19N5OS/c18-10-3-5-11(6-4-10)20-17(23)12-7-8-19-16-14(12)21-15(22-16)13-2-1-9-24-13/h1-2,7-11H,3-6,18H2,(H,20,23)(H,19,21,22)/t10-,11-. The van der Waals surface area contributed by atoms with Gasteiger partial charge in [0.2, 0.25) is 0 Å². The van der Waals surface area contributed by atoms with Crippen molar-refractivity contribution in [1.82, 2.24) is 20.3 Å². The summed E-state index contributed by atoms with van der Waals surface area (Å²) in [4.78, 5) is 25.8. The van der Waals surface area contributed by atoms with Gasteiger partial charge in [-0.2, -0.15) is 0 Å². The number of nitrogens with two attached hydrogens (primary N) is 1. The molecule has 3 heterocycles. The van der Waals surface area contributed by atoms with E-state index in [-0.39, 0.29) is 18.0 Å². The molecule has 3 aromatic rings. The maximum Gasteiger partial charge on any atom is 0.253 e. The summed E-state index contributed by atoms with van der Waals surface area (Å²) in [6.45, 7) is 0. The number of thiophene rings is 1. The Balaban J connectivity index is 1.60. The van der Waals surface area contributed by atoms with Crippen molar-refractivity contribution in [2.75, 3.05) is 0 Å². The molecule has 0 saturated heterocycles. The van der Waals surface area contributed by atoms with Crippen molar-refractivity contribution in [1.29, 1.82) is 0 Å². The number of rotatable bonds is 3. The molecule has 3 aromatic heterocycles. The van der Waals surface area contributed by atoms with Gasteiger partial charge in [0.1, 0.15) is 11.3 Å². The molecule has 1 amide bonds. The quantitative estimate of drug-likeness (QED) is 0.682. The molecule has 0 radical (unpaired) electrons. The monoisotopic (exact) mass is 341 g/mol. The number of hydrogen-bond acceptors (Lipinski definition) is 5. The number of hydrogen-bond donors (Lipinski definition) is 3. The molecular formula is C17H19N5OS. The number of amides is 1. The Morgan fingerprint density at radius 2 is 2.12 bits per heavy atom. The molecule has 1 saturated carbocycles. The lowest BCUT2D eigenvalue weighted by atomic mass is 9.91. The van der Waals surface area contributed by atoms with Crippen molar-refractivity contribution in [2.24, 2.45) is 5.73 Å². The van der Waals surface area contributed by atoms with Gasteiger partial charge in [-0.05, 0) is 43.2 Å². The highest BCUT2D eigenvalue weighted by Crippen LogP contribution is 2.25. The Kier molecular flexibility index (Phi) is 4.03. The number of H-pyrrole nitrogens is 1. The normalized spacial score (nSPS) is 21.0. The summed E-state index contributed by atoms with van der Waals surface area (Å²) >= 11 is 1.60. The molecular weight excluding hydrogens is 322 g/mol. The topological polar surface area (TPSA) is 96.7 Å². The molecule has 0 unspecified atom stereocenters. The van der Waals surface area contributed by atoms with Crippen LogP contribution < -0.4 is 11.1 Å². The van der Waals surface area contributed by atoms with Crippen LogP contribution in [-0.4, -0.2) is 32.9 Å². The van der Waals surface area contributed by atoms with E-state index in [1.54, 1.807) is 23.6 Å². The first-order valence-electron chi connectivity index (χ1n) is 8.16. The van der Waals surface area contributed by atoms with Crippen LogP contribution >= 0.6 is 11.3 Å². The number of aromatic nitrogens is 3. The lowest BCUT2D eigenvalue weighted by molar-refractivity contribution is 0.0927. The number of aromatic amines is 1. The summed E-state index contributed by atoms with van der Waals surface area (Å²) in [5.74, 6) is 0.656. The summed E-state index contributed by atoms with van der Waals surface area (Å²) in [7, 11) is 0. The Morgan fingerprint density at radius 1 is 1.29 bits per heavy atom. The number of nitrogens with zero attached hydrogens (tertiary/aromatic N) is 2.